The van der Waals surface area contributed by atoms with E-state index in [9.17, 15) is 4.39 Å². The average molecular weight is 250 g/mol. The molecule has 1 aromatic rings. The predicted molar refractivity (Wildman–Crippen MR) is 74.5 cm³/mol. The fourth-order valence-corrected chi connectivity index (χ4v) is 3.03. The molecule has 1 fully saturated rings. The largest absolute Gasteiger partial charge is 0.373 e. The Kier molecular flexibility index (Phi) is 4.23. The van der Waals surface area contributed by atoms with Crippen LogP contribution in [0.1, 0.15) is 32.6 Å². The predicted octanol–water partition coefficient (Wildman–Crippen LogP) is 3.18. The van der Waals surface area contributed by atoms with E-state index in [-0.39, 0.29) is 11.4 Å². The highest BCUT2D eigenvalue weighted by Crippen LogP contribution is 2.27. The summed E-state index contributed by atoms with van der Waals surface area (Å²) in [6, 6.07) is 6.84. The van der Waals surface area contributed by atoms with E-state index in [1.807, 2.05) is 13.1 Å². The molecule has 1 unspecified atom stereocenters. The number of hydrogen-bond donors (Lipinski definition) is 1. The molecule has 1 atom stereocenters. The van der Waals surface area contributed by atoms with Crippen LogP contribution in [0.4, 0.5) is 10.1 Å². The van der Waals surface area contributed by atoms with Crippen molar-refractivity contribution >= 4 is 5.69 Å². The van der Waals surface area contributed by atoms with E-state index in [1.165, 1.54) is 31.7 Å². The van der Waals surface area contributed by atoms with Gasteiger partial charge in [-0.3, -0.25) is 0 Å². The molecule has 1 heterocycles. The zero-order valence-electron chi connectivity index (χ0n) is 11.4. The summed E-state index contributed by atoms with van der Waals surface area (Å²) in [6.45, 7) is 4.28. The molecule has 0 saturated carbocycles. The molecule has 0 amide bonds. The highest BCUT2D eigenvalue weighted by Gasteiger charge is 2.33. The van der Waals surface area contributed by atoms with Crippen molar-refractivity contribution in [2.75, 3.05) is 25.0 Å². The zero-order chi connectivity index (χ0) is 13.0. The molecule has 1 N–H and O–H groups in total. The maximum atomic E-state index is 13.2. The SMILES string of the molecule is CCCC1(CN(C)c2cccc(F)c2)CCCN1. The molecule has 1 aromatic carbocycles. The second-order valence-corrected chi connectivity index (χ2v) is 5.40. The van der Waals surface area contributed by atoms with Gasteiger partial charge in [-0.2, -0.15) is 0 Å². The first-order chi connectivity index (χ1) is 8.65. The van der Waals surface area contributed by atoms with Crippen molar-refractivity contribution in [3.05, 3.63) is 30.1 Å². The molecular weight excluding hydrogens is 227 g/mol. The van der Waals surface area contributed by atoms with Crippen molar-refractivity contribution in [2.24, 2.45) is 0 Å². The Morgan fingerprint density at radius 3 is 2.89 bits per heavy atom. The van der Waals surface area contributed by atoms with Crippen LogP contribution in [0.5, 0.6) is 0 Å². The Hall–Kier alpha value is -1.09. The number of nitrogens with one attached hydrogen (secondary N) is 1. The topological polar surface area (TPSA) is 15.3 Å². The highest BCUT2D eigenvalue weighted by atomic mass is 19.1. The van der Waals surface area contributed by atoms with Crippen molar-refractivity contribution in [2.45, 2.75) is 38.1 Å². The Bertz CT molecular complexity index is 386. The second-order valence-electron chi connectivity index (χ2n) is 5.40. The Morgan fingerprint density at radius 1 is 1.44 bits per heavy atom. The lowest BCUT2D eigenvalue weighted by Gasteiger charge is -2.35. The van der Waals surface area contributed by atoms with Crippen molar-refractivity contribution in [3.63, 3.8) is 0 Å². The Labute approximate surface area is 109 Å². The van der Waals surface area contributed by atoms with Gasteiger partial charge in [-0.15, -0.1) is 0 Å². The highest BCUT2D eigenvalue weighted by molar-refractivity contribution is 5.46. The molecule has 0 bridgehead atoms. The summed E-state index contributed by atoms with van der Waals surface area (Å²) in [7, 11) is 2.05. The molecule has 0 aliphatic carbocycles. The van der Waals surface area contributed by atoms with Gasteiger partial charge in [-0.05, 0) is 44.0 Å². The number of nitrogens with zero attached hydrogens (tertiary/aromatic N) is 1. The first-order valence-corrected chi connectivity index (χ1v) is 6.87. The van der Waals surface area contributed by atoms with Gasteiger partial charge in [0, 0.05) is 24.8 Å². The van der Waals surface area contributed by atoms with E-state index in [2.05, 4.69) is 17.1 Å². The molecule has 0 spiro atoms. The van der Waals surface area contributed by atoms with Crippen LogP contribution in [0.3, 0.4) is 0 Å². The lowest BCUT2D eigenvalue weighted by atomic mass is 9.91. The third kappa shape index (κ3) is 3.02. The number of rotatable bonds is 5. The monoisotopic (exact) mass is 250 g/mol. The van der Waals surface area contributed by atoms with Gasteiger partial charge in [0.2, 0.25) is 0 Å². The summed E-state index contributed by atoms with van der Waals surface area (Å²) in [6.07, 6.45) is 4.84. The third-order valence-corrected chi connectivity index (χ3v) is 3.85. The standard InChI is InChI=1S/C15H23FN2/c1-3-8-15(9-5-10-17-15)12-18(2)14-7-4-6-13(16)11-14/h4,6-7,11,17H,3,5,8-10,12H2,1-2H3. The summed E-state index contributed by atoms with van der Waals surface area (Å²) in [5.74, 6) is -0.164. The van der Waals surface area contributed by atoms with Crippen LogP contribution in [0.25, 0.3) is 0 Å². The van der Waals surface area contributed by atoms with E-state index in [0.29, 0.717) is 0 Å². The van der Waals surface area contributed by atoms with Crippen LogP contribution in [0, 0.1) is 5.82 Å². The average Bonchev–Trinajstić information content (AvgIpc) is 2.78. The molecule has 2 rings (SSSR count). The van der Waals surface area contributed by atoms with Crippen molar-refractivity contribution in [1.82, 2.24) is 5.32 Å². The molecule has 1 aliphatic heterocycles. The normalized spacial score (nSPS) is 23.3. The molecule has 100 valence electrons. The van der Waals surface area contributed by atoms with E-state index in [1.54, 1.807) is 12.1 Å². The molecule has 18 heavy (non-hydrogen) atoms. The van der Waals surface area contributed by atoms with Gasteiger partial charge in [0.05, 0.1) is 0 Å². The first kappa shape index (κ1) is 13.3. The van der Waals surface area contributed by atoms with E-state index in [4.69, 9.17) is 0 Å². The summed E-state index contributed by atoms with van der Waals surface area (Å²) in [5, 5.41) is 3.65. The molecule has 3 heteroatoms. The molecule has 0 aromatic heterocycles. The van der Waals surface area contributed by atoms with Crippen LogP contribution < -0.4 is 10.2 Å². The number of benzene rings is 1. The van der Waals surface area contributed by atoms with Crippen LogP contribution in [-0.4, -0.2) is 25.7 Å². The van der Waals surface area contributed by atoms with Gasteiger partial charge in [0.1, 0.15) is 5.82 Å². The maximum absolute atomic E-state index is 13.2. The van der Waals surface area contributed by atoms with Crippen LogP contribution >= 0.6 is 0 Å². The third-order valence-electron chi connectivity index (χ3n) is 3.85. The molecule has 1 aliphatic rings. The van der Waals surface area contributed by atoms with Crippen LogP contribution in [0.2, 0.25) is 0 Å². The minimum absolute atomic E-state index is 0.164. The van der Waals surface area contributed by atoms with Gasteiger partial charge < -0.3 is 10.2 Å². The van der Waals surface area contributed by atoms with Crippen molar-refractivity contribution in [3.8, 4) is 0 Å². The summed E-state index contributed by atoms with van der Waals surface area (Å²) in [5.41, 5.74) is 1.18. The van der Waals surface area contributed by atoms with Crippen molar-refractivity contribution < 1.29 is 4.39 Å². The van der Waals surface area contributed by atoms with Gasteiger partial charge in [-0.1, -0.05) is 19.4 Å². The minimum atomic E-state index is -0.164. The zero-order valence-corrected chi connectivity index (χ0v) is 11.4. The first-order valence-electron chi connectivity index (χ1n) is 6.87. The Balaban J connectivity index is 2.07. The number of anilines is 1. The fraction of sp³-hybridized carbons (Fsp3) is 0.600. The van der Waals surface area contributed by atoms with Crippen LogP contribution in [-0.2, 0) is 0 Å². The maximum Gasteiger partial charge on any atom is 0.125 e. The van der Waals surface area contributed by atoms with Gasteiger partial charge >= 0.3 is 0 Å². The van der Waals surface area contributed by atoms with Gasteiger partial charge in [-0.25, -0.2) is 4.39 Å². The Morgan fingerprint density at radius 2 is 2.28 bits per heavy atom. The quantitative estimate of drug-likeness (QED) is 0.863. The minimum Gasteiger partial charge on any atom is -0.373 e. The summed E-state index contributed by atoms with van der Waals surface area (Å²) in [4.78, 5) is 2.16. The van der Waals surface area contributed by atoms with Crippen LogP contribution in [0.15, 0.2) is 24.3 Å². The molecule has 0 radical (unpaired) electrons. The summed E-state index contributed by atoms with van der Waals surface area (Å²) >= 11 is 0. The fourth-order valence-electron chi connectivity index (χ4n) is 3.03. The lowest BCUT2D eigenvalue weighted by Crippen LogP contribution is -2.49. The lowest BCUT2D eigenvalue weighted by molar-refractivity contribution is 0.349. The number of halogens is 1. The van der Waals surface area contributed by atoms with Crippen molar-refractivity contribution in [1.29, 1.82) is 0 Å². The second kappa shape index (κ2) is 5.70. The van der Waals surface area contributed by atoms with E-state index >= 15 is 0 Å². The number of likely N-dealkylation sites (N-methyl/N-ethyl adjacent to an activating group) is 1. The van der Waals surface area contributed by atoms with Gasteiger partial charge in [0.25, 0.3) is 0 Å². The molecule has 2 nitrogen and oxygen atoms in total. The molecule has 1 saturated heterocycles. The smallest absolute Gasteiger partial charge is 0.125 e. The summed E-state index contributed by atoms with van der Waals surface area (Å²) < 4.78 is 13.2. The molecular formula is C15H23FN2. The van der Waals surface area contributed by atoms with E-state index in [0.717, 1.165) is 18.8 Å². The number of hydrogen-bond acceptors (Lipinski definition) is 2. The van der Waals surface area contributed by atoms with E-state index < -0.39 is 0 Å². The van der Waals surface area contributed by atoms with Gasteiger partial charge in [0.15, 0.2) is 0 Å².